The van der Waals surface area contributed by atoms with Crippen LogP contribution in [0.1, 0.15) is 34.1 Å². The number of carbonyl (C=O) groups is 3. The number of para-hydroxylation sites is 1. The Balaban J connectivity index is 1.32. The molecule has 1 fully saturated rings. The topological polar surface area (TPSA) is 132 Å². The molecule has 4 rings (SSSR count). The molecule has 2 aromatic carbocycles. The van der Waals surface area contributed by atoms with Crippen LogP contribution in [0.3, 0.4) is 0 Å². The highest BCUT2D eigenvalue weighted by Gasteiger charge is 2.25. The lowest BCUT2D eigenvalue weighted by Gasteiger charge is -2.30. The number of rotatable bonds is 7. The summed E-state index contributed by atoms with van der Waals surface area (Å²) in [5.41, 5.74) is 1.60. The van der Waals surface area contributed by atoms with Crippen LogP contribution >= 0.6 is 22.9 Å². The number of amides is 2. The molecule has 0 atom stereocenters. The van der Waals surface area contributed by atoms with Crippen molar-refractivity contribution in [3.63, 3.8) is 0 Å². The van der Waals surface area contributed by atoms with Gasteiger partial charge in [0.2, 0.25) is 11.8 Å². The summed E-state index contributed by atoms with van der Waals surface area (Å²) in [6.07, 6.45) is 3.75. The number of thiazole rings is 1. The number of hydrogen-bond donors (Lipinski definition) is 1. The maximum Gasteiger partial charge on any atom is 0.339 e. The molecule has 2 amide bonds. The van der Waals surface area contributed by atoms with Gasteiger partial charge in [-0.2, -0.15) is 0 Å². The number of aromatic nitrogens is 1. The molecule has 12 heteroatoms. The summed E-state index contributed by atoms with van der Waals surface area (Å²) in [5, 5.41) is 16.6. The smallest absolute Gasteiger partial charge is 0.339 e. The summed E-state index contributed by atoms with van der Waals surface area (Å²) in [4.78, 5) is 53.8. The minimum absolute atomic E-state index is 0.0729. The van der Waals surface area contributed by atoms with Gasteiger partial charge in [-0.25, -0.2) is 9.78 Å². The Hall–Kier alpha value is -4.09. The molecule has 2 heterocycles. The number of likely N-dealkylation sites (tertiary alicyclic amines) is 1. The molecule has 0 saturated carbocycles. The number of ether oxygens (including phenoxy) is 1. The van der Waals surface area contributed by atoms with Gasteiger partial charge in [0.25, 0.3) is 5.69 Å². The Morgan fingerprint density at radius 1 is 1.18 bits per heavy atom. The molecule has 1 N–H and O–H groups in total. The molecule has 0 aliphatic carbocycles. The van der Waals surface area contributed by atoms with Crippen molar-refractivity contribution in [1.29, 1.82) is 0 Å². The van der Waals surface area contributed by atoms with E-state index in [1.54, 1.807) is 29.2 Å². The van der Waals surface area contributed by atoms with Crippen molar-refractivity contribution in [1.82, 2.24) is 9.88 Å². The number of methoxy groups -OCH3 is 1. The van der Waals surface area contributed by atoms with Crippen molar-refractivity contribution in [2.45, 2.75) is 18.8 Å². The summed E-state index contributed by atoms with van der Waals surface area (Å²) >= 11 is 7.39. The Labute approximate surface area is 227 Å². The number of nitro benzene ring substituents is 1. The zero-order valence-corrected chi connectivity index (χ0v) is 21.8. The molecule has 196 valence electrons. The van der Waals surface area contributed by atoms with Gasteiger partial charge in [0.05, 0.1) is 34.0 Å². The van der Waals surface area contributed by atoms with Crippen molar-refractivity contribution in [3.8, 4) is 11.3 Å². The Morgan fingerprint density at radius 2 is 1.92 bits per heavy atom. The van der Waals surface area contributed by atoms with Gasteiger partial charge in [-0.3, -0.25) is 19.7 Å². The standard InChI is InChI=1S/C26H23ClN4O6S/c1-37-26(34)18-4-2-3-5-20(18)28-23(32)8-9-24(33)30-12-10-16(11-13-30)25-29-21(15-38-25)17-6-7-19(27)22(14-17)31(35)36/h2-9,14-16H,10-13H2,1H3,(H,28,32). The van der Waals surface area contributed by atoms with Crippen LogP contribution in [0.15, 0.2) is 60.0 Å². The van der Waals surface area contributed by atoms with E-state index in [9.17, 15) is 24.5 Å². The van der Waals surface area contributed by atoms with E-state index < -0.39 is 16.8 Å². The number of benzene rings is 2. The molecule has 10 nitrogen and oxygen atoms in total. The average Bonchev–Trinajstić information content (AvgIpc) is 3.42. The third-order valence-corrected chi connectivity index (χ3v) is 7.41. The fourth-order valence-corrected chi connectivity index (χ4v) is 5.26. The number of nitrogens with one attached hydrogen (secondary N) is 1. The summed E-state index contributed by atoms with van der Waals surface area (Å²) in [6, 6.07) is 11.0. The van der Waals surface area contributed by atoms with E-state index in [4.69, 9.17) is 16.3 Å². The lowest BCUT2D eigenvalue weighted by molar-refractivity contribution is -0.384. The van der Waals surface area contributed by atoms with Crippen molar-refractivity contribution in [3.05, 3.63) is 85.7 Å². The number of piperidine rings is 1. The fourth-order valence-electron chi connectivity index (χ4n) is 4.07. The highest BCUT2D eigenvalue weighted by molar-refractivity contribution is 7.10. The number of hydrogen-bond acceptors (Lipinski definition) is 8. The first kappa shape index (κ1) is 27.0. The predicted molar refractivity (Wildman–Crippen MR) is 143 cm³/mol. The monoisotopic (exact) mass is 554 g/mol. The molecular formula is C26H23ClN4O6S. The maximum absolute atomic E-state index is 12.6. The molecule has 1 aliphatic rings. The van der Waals surface area contributed by atoms with Crippen LogP contribution < -0.4 is 5.32 Å². The van der Waals surface area contributed by atoms with Gasteiger partial charge in [-0.15, -0.1) is 11.3 Å². The predicted octanol–water partition coefficient (Wildman–Crippen LogP) is 5.06. The summed E-state index contributed by atoms with van der Waals surface area (Å²) in [7, 11) is 1.25. The number of halogens is 1. The van der Waals surface area contributed by atoms with Gasteiger partial charge < -0.3 is 15.0 Å². The maximum atomic E-state index is 12.6. The third kappa shape index (κ3) is 6.24. The Morgan fingerprint density at radius 3 is 2.63 bits per heavy atom. The first-order valence-electron chi connectivity index (χ1n) is 11.6. The summed E-state index contributed by atoms with van der Waals surface area (Å²) in [6.45, 7) is 1.00. The number of esters is 1. The minimum Gasteiger partial charge on any atom is -0.465 e. The second-order valence-electron chi connectivity index (χ2n) is 8.45. The van der Waals surface area contributed by atoms with E-state index in [0.717, 1.165) is 11.1 Å². The van der Waals surface area contributed by atoms with Crippen LogP contribution in [-0.4, -0.2) is 52.8 Å². The second kappa shape index (κ2) is 12.0. The van der Waals surface area contributed by atoms with E-state index in [-0.39, 0.29) is 28.1 Å². The van der Waals surface area contributed by atoms with Crippen LogP contribution in [0.2, 0.25) is 5.02 Å². The number of carbonyl (C=O) groups excluding carboxylic acids is 3. The first-order valence-corrected chi connectivity index (χ1v) is 12.9. The SMILES string of the molecule is COC(=O)c1ccccc1NC(=O)C=CC(=O)N1CCC(c2nc(-c3ccc(Cl)c([N+](=O)[O-])c3)cs2)CC1. The van der Waals surface area contributed by atoms with Gasteiger partial charge in [-0.05, 0) is 31.0 Å². The number of anilines is 1. The summed E-state index contributed by atoms with van der Waals surface area (Å²) in [5.74, 6) is -1.25. The van der Waals surface area contributed by atoms with E-state index in [1.165, 1.54) is 42.7 Å². The normalized spacial score (nSPS) is 13.9. The second-order valence-corrected chi connectivity index (χ2v) is 9.75. The fraction of sp³-hybridized carbons (Fsp3) is 0.231. The first-order chi connectivity index (χ1) is 18.3. The van der Waals surface area contributed by atoms with Gasteiger partial charge in [-0.1, -0.05) is 29.8 Å². The van der Waals surface area contributed by atoms with E-state index in [0.29, 0.717) is 42.9 Å². The molecule has 3 aromatic rings. The zero-order valence-electron chi connectivity index (χ0n) is 20.3. The van der Waals surface area contributed by atoms with Crippen LogP contribution in [0.25, 0.3) is 11.3 Å². The van der Waals surface area contributed by atoms with E-state index in [2.05, 4.69) is 10.3 Å². The minimum atomic E-state index is -0.578. The van der Waals surface area contributed by atoms with Crippen LogP contribution in [0, 0.1) is 10.1 Å². The van der Waals surface area contributed by atoms with Gasteiger partial charge >= 0.3 is 5.97 Å². The largest absolute Gasteiger partial charge is 0.465 e. The lowest BCUT2D eigenvalue weighted by atomic mass is 9.97. The molecule has 0 unspecified atom stereocenters. The average molecular weight is 555 g/mol. The van der Waals surface area contributed by atoms with Crippen molar-refractivity contribution >= 4 is 52.1 Å². The molecule has 0 spiro atoms. The van der Waals surface area contributed by atoms with E-state index in [1.807, 2.05) is 5.38 Å². The van der Waals surface area contributed by atoms with Crippen LogP contribution in [0.4, 0.5) is 11.4 Å². The van der Waals surface area contributed by atoms with Crippen molar-refractivity contribution in [2.75, 3.05) is 25.5 Å². The Kier molecular flexibility index (Phi) is 8.49. The summed E-state index contributed by atoms with van der Waals surface area (Å²) < 4.78 is 4.72. The number of nitrogens with zero attached hydrogens (tertiary/aromatic N) is 3. The van der Waals surface area contributed by atoms with Crippen molar-refractivity contribution < 1.29 is 24.0 Å². The number of nitro groups is 1. The third-order valence-electron chi connectivity index (χ3n) is 6.08. The molecule has 1 saturated heterocycles. The zero-order chi connectivity index (χ0) is 27.2. The van der Waals surface area contributed by atoms with Gasteiger partial charge in [0.15, 0.2) is 0 Å². The molecule has 38 heavy (non-hydrogen) atoms. The van der Waals surface area contributed by atoms with Crippen LogP contribution in [-0.2, 0) is 14.3 Å². The molecule has 0 bridgehead atoms. The highest BCUT2D eigenvalue weighted by Crippen LogP contribution is 2.35. The van der Waals surface area contributed by atoms with E-state index >= 15 is 0 Å². The van der Waals surface area contributed by atoms with Crippen LogP contribution in [0.5, 0.6) is 0 Å². The molecular weight excluding hydrogens is 532 g/mol. The highest BCUT2D eigenvalue weighted by atomic mass is 35.5. The van der Waals surface area contributed by atoms with Crippen molar-refractivity contribution in [2.24, 2.45) is 0 Å². The van der Waals surface area contributed by atoms with Gasteiger partial charge in [0, 0.05) is 48.2 Å². The Bertz CT molecular complexity index is 1410. The quantitative estimate of drug-likeness (QED) is 0.187. The van der Waals surface area contributed by atoms with Gasteiger partial charge in [0.1, 0.15) is 5.02 Å². The lowest BCUT2D eigenvalue weighted by Crippen LogP contribution is -2.37. The molecule has 0 radical (unpaired) electrons. The molecule has 1 aliphatic heterocycles. The molecule has 1 aromatic heterocycles.